The van der Waals surface area contributed by atoms with Gasteiger partial charge in [0.2, 0.25) is 0 Å². The van der Waals surface area contributed by atoms with Gasteiger partial charge < -0.3 is 10.2 Å². The van der Waals surface area contributed by atoms with Gasteiger partial charge in [-0.15, -0.1) is 0 Å². The Hall–Kier alpha value is -0.460. The molecule has 0 aliphatic rings. The van der Waals surface area contributed by atoms with E-state index in [0.717, 1.165) is 7.14 Å². The first-order valence-electron chi connectivity index (χ1n) is 5.78. The van der Waals surface area contributed by atoms with Crippen LogP contribution >= 0.6 is 66.8 Å². The number of benzene rings is 2. The predicted octanol–water partition coefficient (Wildman–Crippen LogP) is 5.09. The Morgan fingerprint density at radius 3 is 1.45 bits per heavy atom. The van der Waals surface area contributed by atoms with E-state index in [9.17, 15) is 19.8 Å². The Morgan fingerprint density at radius 1 is 0.773 bits per heavy atom. The summed E-state index contributed by atoms with van der Waals surface area (Å²) < 4.78 is 1.68. The molecule has 114 valence electrons. The summed E-state index contributed by atoms with van der Waals surface area (Å²) in [7, 11) is 2.48. The Balaban J connectivity index is 2.28. The van der Waals surface area contributed by atoms with E-state index < -0.39 is 11.9 Å². The van der Waals surface area contributed by atoms with Crippen molar-refractivity contribution in [1.29, 1.82) is 0 Å². The van der Waals surface area contributed by atoms with Crippen LogP contribution in [0.4, 0.5) is 0 Å². The average molecular weight is 558 g/mol. The van der Waals surface area contributed by atoms with E-state index in [0.29, 0.717) is 9.79 Å². The van der Waals surface area contributed by atoms with Crippen LogP contribution in [0, 0.1) is 7.14 Å². The lowest BCUT2D eigenvalue weighted by Gasteiger charge is -2.08. The molecule has 22 heavy (non-hydrogen) atoms. The second kappa shape index (κ2) is 7.88. The third kappa shape index (κ3) is 4.52. The molecule has 2 N–H and O–H groups in total. The zero-order valence-corrected chi connectivity index (χ0v) is 16.7. The summed E-state index contributed by atoms with van der Waals surface area (Å²) in [6.45, 7) is 0. The minimum absolute atomic E-state index is 0.215. The van der Waals surface area contributed by atoms with Crippen molar-refractivity contribution in [3.05, 3.63) is 54.7 Å². The van der Waals surface area contributed by atoms with Gasteiger partial charge in [0.05, 0.1) is 11.1 Å². The van der Waals surface area contributed by atoms with E-state index in [4.69, 9.17) is 0 Å². The van der Waals surface area contributed by atoms with Crippen LogP contribution < -0.4 is 0 Å². The van der Waals surface area contributed by atoms with Gasteiger partial charge in [-0.05, 0) is 81.6 Å². The van der Waals surface area contributed by atoms with E-state index >= 15 is 0 Å². The molecular weight excluding hydrogens is 550 g/mol. The number of carbonyl (C=O) groups is 2. The van der Waals surface area contributed by atoms with Crippen LogP contribution in [-0.4, -0.2) is 22.2 Å². The van der Waals surface area contributed by atoms with Crippen LogP contribution in [0.1, 0.15) is 20.7 Å². The minimum atomic E-state index is -0.998. The molecule has 0 unspecified atom stereocenters. The van der Waals surface area contributed by atoms with Gasteiger partial charge in [-0.1, -0.05) is 21.6 Å². The van der Waals surface area contributed by atoms with Crippen LogP contribution in [0.5, 0.6) is 0 Å². The second-order valence-electron chi connectivity index (χ2n) is 4.06. The highest BCUT2D eigenvalue weighted by Gasteiger charge is 2.15. The first-order chi connectivity index (χ1) is 10.4. The van der Waals surface area contributed by atoms with E-state index in [1.54, 1.807) is 24.3 Å². The maximum Gasteiger partial charge on any atom is 0.336 e. The molecule has 0 fully saturated rings. The molecule has 0 bridgehead atoms. The smallest absolute Gasteiger partial charge is 0.336 e. The molecule has 4 nitrogen and oxygen atoms in total. The van der Waals surface area contributed by atoms with Gasteiger partial charge in [-0.3, -0.25) is 0 Å². The number of carboxylic acid groups (broad SMARTS) is 2. The quantitative estimate of drug-likeness (QED) is 0.394. The average Bonchev–Trinajstić information content (AvgIpc) is 2.46. The van der Waals surface area contributed by atoms with Crippen molar-refractivity contribution in [3.8, 4) is 0 Å². The fraction of sp³-hybridized carbons (Fsp3) is 0. The molecule has 0 aliphatic carbocycles. The molecule has 0 amide bonds. The van der Waals surface area contributed by atoms with E-state index in [1.165, 1.54) is 21.6 Å². The number of halogens is 2. The van der Waals surface area contributed by atoms with Gasteiger partial charge in [0, 0.05) is 16.9 Å². The molecule has 0 heterocycles. The lowest BCUT2D eigenvalue weighted by Crippen LogP contribution is -2.00. The van der Waals surface area contributed by atoms with Crippen LogP contribution in [0.2, 0.25) is 0 Å². The highest BCUT2D eigenvalue weighted by Crippen LogP contribution is 2.41. The highest BCUT2D eigenvalue weighted by atomic mass is 127. The number of carboxylic acids is 2. The Morgan fingerprint density at radius 2 is 1.14 bits per heavy atom. The molecule has 2 aromatic carbocycles. The zero-order chi connectivity index (χ0) is 16.3. The van der Waals surface area contributed by atoms with E-state index in [-0.39, 0.29) is 11.1 Å². The third-order valence-corrected chi connectivity index (χ3v) is 6.39. The first kappa shape index (κ1) is 17.9. The molecule has 0 saturated carbocycles. The fourth-order valence-corrected chi connectivity index (χ4v) is 4.87. The summed E-state index contributed by atoms with van der Waals surface area (Å²) in [5, 5.41) is 18.5. The summed E-state index contributed by atoms with van der Waals surface area (Å²) in [5.41, 5.74) is 0.429. The van der Waals surface area contributed by atoms with Gasteiger partial charge in [0.1, 0.15) is 0 Å². The SMILES string of the molecule is O=C(O)c1cc(I)ccc1SSc1ccc(I)cc1C(=O)O. The lowest BCUT2D eigenvalue weighted by molar-refractivity contribution is 0.0682. The van der Waals surface area contributed by atoms with Gasteiger partial charge >= 0.3 is 11.9 Å². The molecule has 0 atom stereocenters. The molecule has 0 radical (unpaired) electrons. The maximum absolute atomic E-state index is 11.3. The Bertz CT molecular complexity index is 686. The van der Waals surface area contributed by atoms with Crippen LogP contribution in [-0.2, 0) is 0 Å². The zero-order valence-electron chi connectivity index (χ0n) is 10.7. The number of aromatic carboxylic acids is 2. The fourth-order valence-electron chi connectivity index (χ4n) is 1.57. The van der Waals surface area contributed by atoms with Gasteiger partial charge in [-0.2, -0.15) is 0 Å². The second-order valence-corrected chi connectivity index (χ2v) is 8.76. The summed E-state index contributed by atoms with van der Waals surface area (Å²) >= 11 is 4.11. The minimum Gasteiger partial charge on any atom is -0.478 e. The van der Waals surface area contributed by atoms with Crippen LogP contribution in [0.15, 0.2) is 46.2 Å². The number of rotatable bonds is 5. The monoisotopic (exact) mass is 558 g/mol. The Labute approximate surface area is 161 Å². The Kier molecular flexibility index (Phi) is 6.41. The van der Waals surface area contributed by atoms with Crippen molar-refractivity contribution < 1.29 is 19.8 Å². The summed E-state index contributed by atoms with van der Waals surface area (Å²) in [4.78, 5) is 23.7. The topological polar surface area (TPSA) is 74.6 Å². The van der Waals surface area contributed by atoms with E-state index in [2.05, 4.69) is 45.2 Å². The standard InChI is InChI=1S/C14H8I2O4S2/c15-7-1-3-11(9(5-7)13(17)18)21-22-12-4-2-8(16)6-10(12)14(19)20/h1-6H,(H,17,18)(H,19,20). The molecular formula is C14H8I2O4S2. The van der Waals surface area contributed by atoms with Crippen LogP contribution in [0.3, 0.4) is 0 Å². The molecule has 0 spiro atoms. The normalized spacial score (nSPS) is 10.5. The summed E-state index contributed by atoms with van der Waals surface area (Å²) in [6.07, 6.45) is 0. The van der Waals surface area contributed by atoms with Crippen molar-refractivity contribution in [2.75, 3.05) is 0 Å². The number of hydrogen-bond donors (Lipinski definition) is 2. The molecule has 0 saturated heterocycles. The maximum atomic E-state index is 11.3. The molecule has 2 aromatic rings. The van der Waals surface area contributed by atoms with Crippen LogP contribution in [0.25, 0.3) is 0 Å². The van der Waals surface area contributed by atoms with Crippen molar-refractivity contribution >= 4 is 78.7 Å². The summed E-state index contributed by atoms with van der Waals surface area (Å²) in [6, 6.07) is 10.3. The highest BCUT2D eigenvalue weighted by molar-refractivity contribution is 14.1. The molecule has 0 aromatic heterocycles. The largest absolute Gasteiger partial charge is 0.478 e. The molecule has 8 heteroatoms. The van der Waals surface area contributed by atoms with E-state index in [1.807, 2.05) is 12.1 Å². The lowest BCUT2D eigenvalue weighted by atomic mass is 10.2. The first-order valence-corrected chi connectivity index (χ1v) is 10.1. The van der Waals surface area contributed by atoms with Gasteiger partial charge in [-0.25, -0.2) is 9.59 Å². The molecule has 0 aliphatic heterocycles. The van der Waals surface area contributed by atoms with Gasteiger partial charge in [0.15, 0.2) is 0 Å². The van der Waals surface area contributed by atoms with Crippen molar-refractivity contribution in [2.45, 2.75) is 9.79 Å². The van der Waals surface area contributed by atoms with Crippen molar-refractivity contribution in [3.63, 3.8) is 0 Å². The number of hydrogen-bond acceptors (Lipinski definition) is 4. The van der Waals surface area contributed by atoms with Gasteiger partial charge in [0.25, 0.3) is 0 Å². The van der Waals surface area contributed by atoms with Crippen molar-refractivity contribution in [2.24, 2.45) is 0 Å². The molecule has 2 rings (SSSR count). The third-order valence-electron chi connectivity index (χ3n) is 2.57. The van der Waals surface area contributed by atoms with Crippen molar-refractivity contribution in [1.82, 2.24) is 0 Å². The summed E-state index contributed by atoms with van der Waals surface area (Å²) in [5.74, 6) is -2.00. The predicted molar refractivity (Wildman–Crippen MR) is 104 cm³/mol.